The second-order valence-electron chi connectivity index (χ2n) is 4.50. The summed E-state index contributed by atoms with van der Waals surface area (Å²) in [5, 5.41) is 11.4. The standard InChI is InChI=1S/C14H15NOS.ClH/c16-13-3-1-11(2-4-13)9-15-7-5-14-12(10-15)6-8-17-14;/h1-4,6,8,16H,5,7,9-10H2;1H. The SMILES string of the molecule is Cl.Oc1ccc(CN2CCc3sccc3C2)cc1. The average Bonchev–Trinajstić information content (AvgIpc) is 2.79. The van der Waals surface area contributed by atoms with Gasteiger partial charge < -0.3 is 5.11 Å². The molecule has 0 saturated carbocycles. The number of nitrogens with zero attached hydrogens (tertiary/aromatic N) is 1. The lowest BCUT2D eigenvalue weighted by Gasteiger charge is -2.26. The van der Waals surface area contributed by atoms with E-state index in [0.29, 0.717) is 5.75 Å². The molecule has 1 aliphatic heterocycles. The third-order valence-corrected chi connectivity index (χ3v) is 4.25. The van der Waals surface area contributed by atoms with Crippen molar-refractivity contribution in [2.24, 2.45) is 0 Å². The monoisotopic (exact) mass is 281 g/mol. The number of phenols is 1. The molecule has 0 bridgehead atoms. The van der Waals surface area contributed by atoms with Gasteiger partial charge in [0.1, 0.15) is 5.75 Å². The number of phenolic OH excluding ortho intramolecular Hbond substituents is 1. The van der Waals surface area contributed by atoms with Gasteiger partial charge >= 0.3 is 0 Å². The number of hydrogen-bond donors (Lipinski definition) is 1. The van der Waals surface area contributed by atoms with Gasteiger partial charge in [0, 0.05) is 24.5 Å². The Morgan fingerprint density at radius 1 is 1.17 bits per heavy atom. The highest BCUT2D eigenvalue weighted by Crippen LogP contribution is 2.25. The first-order valence-corrected chi connectivity index (χ1v) is 6.75. The van der Waals surface area contributed by atoms with Crippen molar-refractivity contribution in [1.82, 2.24) is 4.90 Å². The molecule has 1 aromatic heterocycles. The van der Waals surface area contributed by atoms with Crippen molar-refractivity contribution in [2.45, 2.75) is 19.5 Å². The Morgan fingerprint density at radius 3 is 2.72 bits per heavy atom. The number of halogens is 1. The van der Waals surface area contributed by atoms with E-state index < -0.39 is 0 Å². The van der Waals surface area contributed by atoms with Crippen LogP contribution in [0.4, 0.5) is 0 Å². The molecule has 0 atom stereocenters. The minimum absolute atomic E-state index is 0. The summed E-state index contributed by atoms with van der Waals surface area (Å²) in [5.41, 5.74) is 2.75. The molecule has 1 aliphatic rings. The van der Waals surface area contributed by atoms with E-state index in [1.807, 2.05) is 23.5 Å². The number of aromatic hydroxyl groups is 1. The molecule has 0 amide bonds. The van der Waals surface area contributed by atoms with Crippen LogP contribution < -0.4 is 0 Å². The third-order valence-electron chi connectivity index (χ3n) is 3.23. The van der Waals surface area contributed by atoms with Gasteiger partial charge in [0.2, 0.25) is 0 Å². The van der Waals surface area contributed by atoms with E-state index in [1.54, 1.807) is 17.0 Å². The van der Waals surface area contributed by atoms with Crippen LogP contribution in [-0.2, 0) is 19.5 Å². The van der Waals surface area contributed by atoms with Gasteiger partial charge in [-0.15, -0.1) is 23.7 Å². The van der Waals surface area contributed by atoms with Crippen molar-refractivity contribution >= 4 is 23.7 Å². The van der Waals surface area contributed by atoms with Gasteiger partial charge in [-0.3, -0.25) is 4.90 Å². The van der Waals surface area contributed by atoms with Crippen LogP contribution in [0.3, 0.4) is 0 Å². The molecule has 2 heterocycles. The number of fused-ring (bicyclic) bond motifs is 1. The van der Waals surface area contributed by atoms with Gasteiger partial charge in [0.05, 0.1) is 0 Å². The highest BCUT2D eigenvalue weighted by Gasteiger charge is 2.16. The first-order valence-electron chi connectivity index (χ1n) is 5.87. The zero-order valence-electron chi connectivity index (χ0n) is 10.0. The zero-order chi connectivity index (χ0) is 11.7. The lowest BCUT2D eigenvalue weighted by Crippen LogP contribution is -2.29. The summed E-state index contributed by atoms with van der Waals surface area (Å²) in [6, 6.07) is 9.75. The molecular weight excluding hydrogens is 266 g/mol. The molecule has 18 heavy (non-hydrogen) atoms. The highest BCUT2D eigenvalue weighted by molar-refractivity contribution is 7.10. The highest BCUT2D eigenvalue weighted by atomic mass is 35.5. The molecule has 96 valence electrons. The quantitative estimate of drug-likeness (QED) is 0.912. The Hall–Kier alpha value is -1.03. The Kier molecular flexibility index (Phi) is 4.27. The van der Waals surface area contributed by atoms with Crippen molar-refractivity contribution in [3.63, 3.8) is 0 Å². The van der Waals surface area contributed by atoms with Crippen LogP contribution in [0.5, 0.6) is 5.75 Å². The number of thiophene rings is 1. The van der Waals surface area contributed by atoms with Crippen LogP contribution in [0.15, 0.2) is 35.7 Å². The molecule has 2 nitrogen and oxygen atoms in total. The van der Waals surface area contributed by atoms with E-state index in [9.17, 15) is 5.11 Å². The number of benzene rings is 1. The fourth-order valence-corrected chi connectivity index (χ4v) is 3.19. The minimum Gasteiger partial charge on any atom is -0.508 e. The van der Waals surface area contributed by atoms with Gasteiger partial charge in [0.15, 0.2) is 0 Å². The molecule has 3 rings (SSSR count). The summed E-state index contributed by atoms with van der Waals surface area (Å²) in [6.07, 6.45) is 1.17. The predicted molar refractivity (Wildman–Crippen MR) is 77.5 cm³/mol. The van der Waals surface area contributed by atoms with E-state index in [4.69, 9.17) is 0 Å². The Bertz CT molecular complexity index is 509. The summed E-state index contributed by atoms with van der Waals surface area (Å²) in [6.45, 7) is 3.16. The van der Waals surface area contributed by atoms with Gasteiger partial charge in [-0.05, 0) is 41.1 Å². The number of rotatable bonds is 2. The minimum atomic E-state index is 0. The van der Waals surface area contributed by atoms with Crippen LogP contribution in [0.1, 0.15) is 16.0 Å². The van der Waals surface area contributed by atoms with Crippen LogP contribution in [-0.4, -0.2) is 16.6 Å². The van der Waals surface area contributed by atoms with Gasteiger partial charge in [0.25, 0.3) is 0 Å². The lowest BCUT2D eigenvalue weighted by atomic mass is 10.1. The summed E-state index contributed by atoms with van der Waals surface area (Å²) in [4.78, 5) is 4.01. The normalized spacial score (nSPS) is 14.9. The molecule has 0 unspecified atom stereocenters. The first-order chi connectivity index (χ1) is 8.31. The molecule has 1 aromatic carbocycles. The van der Waals surface area contributed by atoms with Gasteiger partial charge in [-0.1, -0.05) is 12.1 Å². The Balaban J connectivity index is 0.00000120. The molecule has 0 fully saturated rings. The largest absolute Gasteiger partial charge is 0.508 e. The smallest absolute Gasteiger partial charge is 0.115 e. The van der Waals surface area contributed by atoms with E-state index >= 15 is 0 Å². The molecule has 0 radical (unpaired) electrons. The lowest BCUT2D eigenvalue weighted by molar-refractivity contribution is 0.247. The van der Waals surface area contributed by atoms with Crippen LogP contribution in [0, 0.1) is 0 Å². The fourth-order valence-electron chi connectivity index (χ4n) is 2.30. The number of hydrogen-bond acceptors (Lipinski definition) is 3. The van der Waals surface area contributed by atoms with Crippen molar-refractivity contribution in [2.75, 3.05) is 6.54 Å². The predicted octanol–water partition coefficient (Wildman–Crippen LogP) is 3.43. The molecule has 4 heteroatoms. The summed E-state index contributed by atoms with van der Waals surface area (Å²) in [5.74, 6) is 0.340. The van der Waals surface area contributed by atoms with Crippen LogP contribution >= 0.6 is 23.7 Å². The molecule has 2 aromatic rings. The maximum atomic E-state index is 9.25. The van der Waals surface area contributed by atoms with Gasteiger partial charge in [-0.25, -0.2) is 0 Å². The maximum absolute atomic E-state index is 9.25. The van der Waals surface area contributed by atoms with Crippen LogP contribution in [0.2, 0.25) is 0 Å². The van der Waals surface area contributed by atoms with E-state index in [-0.39, 0.29) is 12.4 Å². The third kappa shape index (κ3) is 2.86. The zero-order valence-corrected chi connectivity index (χ0v) is 11.6. The molecular formula is C14H16ClNOS. The van der Waals surface area contributed by atoms with Crippen LogP contribution in [0.25, 0.3) is 0 Å². The molecule has 0 saturated heterocycles. The molecule has 0 spiro atoms. The Labute approximate surface area is 117 Å². The first kappa shape index (κ1) is 13.4. The van der Waals surface area contributed by atoms with Crippen molar-refractivity contribution in [1.29, 1.82) is 0 Å². The van der Waals surface area contributed by atoms with Crippen molar-refractivity contribution in [3.8, 4) is 5.75 Å². The summed E-state index contributed by atoms with van der Waals surface area (Å²) < 4.78 is 0. The van der Waals surface area contributed by atoms with Crippen molar-refractivity contribution in [3.05, 3.63) is 51.7 Å². The van der Waals surface area contributed by atoms with E-state index in [0.717, 1.165) is 19.6 Å². The maximum Gasteiger partial charge on any atom is 0.115 e. The van der Waals surface area contributed by atoms with E-state index in [1.165, 1.54) is 17.5 Å². The molecule has 0 aliphatic carbocycles. The second kappa shape index (κ2) is 5.74. The second-order valence-corrected chi connectivity index (χ2v) is 5.50. The topological polar surface area (TPSA) is 23.5 Å². The fraction of sp³-hybridized carbons (Fsp3) is 0.286. The van der Waals surface area contributed by atoms with E-state index in [2.05, 4.69) is 16.3 Å². The van der Waals surface area contributed by atoms with Crippen molar-refractivity contribution < 1.29 is 5.11 Å². The Morgan fingerprint density at radius 2 is 1.94 bits per heavy atom. The molecule has 1 N–H and O–H groups in total. The average molecular weight is 282 g/mol. The summed E-state index contributed by atoms with van der Waals surface area (Å²) in [7, 11) is 0. The summed E-state index contributed by atoms with van der Waals surface area (Å²) >= 11 is 1.88. The van der Waals surface area contributed by atoms with Gasteiger partial charge in [-0.2, -0.15) is 0 Å².